The Labute approximate surface area is 111 Å². The average Bonchev–Trinajstić information content (AvgIpc) is 2.38. The number of carbonyl (C=O) groups is 2. The molecule has 0 unspecified atom stereocenters. The van der Waals surface area contributed by atoms with Crippen molar-refractivity contribution in [3.05, 3.63) is 17.7 Å². The Morgan fingerprint density at radius 3 is 2.00 bits per heavy atom. The standard InChI is InChI=1S/C13H16O6/c1-5-18-13(15)9-6-10(16-3)12(19-8(2)14)11(7-9)17-4/h6-7H,5H2,1-4H3. The van der Waals surface area contributed by atoms with E-state index < -0.39 is 11.9 Å². The number of carbonyl (C=O) groups excluding carboxylic acids is 2. The molecule has 0 aliphatic heterocycles. The minimum absolute atomic E-state index is 0.130. The van der Waals surface area contributed by atoms with Crippen LogP contribution in [0.5, 0.6) is 17.2 Å². The Balaban J connectivity index is 3.27. The van der Waals surface area contributed by atoms with Crippen LogP contribution in [0.1, 0.15) is 24.2 Å². The lowest BCUT2D eigenvalue weighted by Gasteiger charge is -2.13. The zero-order chi connectivity index (χ0) is 14.4. The van der Waals surface area contributed by atoms with E-state index in [2.05, 4.69) is 0 Å². The van der Waals surface area contributed by atoms with Crippen molar-refractivity contribution in [2.75, 3.05) is 20.8 Å². The van der Waals surface area contributed by atoms with Gasteiger partial charge in [0.1, 0.15) is 0 Å². The molecule has 0 radical (unpaired) electrons. The molecule has 0 saturated carbocycles. The quantitative estimate of drug-likeness (QED) is 0.599. The van der Waals surface area contributed by atoms with Gasteiger partial charge in [-0.1, -0.05) is 0 Å². The smallest absolute Gasteiger partial charge is 0.338 e. The first-order chi connectivity index (χ1) is 9.03. The van der Waals surface area contributed by atoms with E-state index in [0.29, 0.717) is 0 Å². The number of rotatable bonds is 5. The molecule has 0 aliphatic carbocycles. The van der Waals surface area contributed by atoms with Gasteiger partial charge in [-0.3, -0.25) is 4.79 Å². The fraction of sp³-hybridized carbons (Fsp3) is 0.385. The summed E-state index contributed by atoms with van der Waals surface area (Å²) in [6, 6.07) is 2.86. The second kappa shape index (κ2) is 6.63. The Hall–Kier alpha value is -2.24. The Morgan fingerprint density at radius 1 is 1.11 bits per heavy atom. The molecule has 0 bridgehead atoms. The van der Waals surface area contributed by atoms with E-state index in [0.717, 1.165) is 0 Å². The summed E-state index contributed by atoms with van der Waals surface area (Å²) in [5.74, 6) is -0.449. The van der Waals surface area contributed by atoms with Crippen LogP contribution in [-0.4, -0.2) is 32.8 Å². The first-order valence-corrected chi connectivity index (χ1v) is 5.65. The van der Waals surface area contributed by atoms with E-state index >= 15 is 0 Å². The molecule has 0 aromatic heterocycles. The summed E-state index contributed by atoms with van der Waals surface area (Å²) in [5.41, 5.74) is 0.256. The molecule has 0 heterocycles. The van der Waals surface area contributed by atoms with E-state index in [1.54, 1.807) is 6.92 Å². The van der Waals surface area contributed by atoms with Crippen LogP contribution in [-0.2, 0) is 9.53 Å². The maximum absolute atomic E-state index is 11.7. The van der Waals surface area contributed by atoms with Gasteiger partial charge in [0, 0.05) is 6.92 Å². The van der Waals surface area contributed by atoms with Gasteiger partial charge in [-0.15, -0.1) is 0 Å². The topological polar surface area (TPSA) is 71.1 Å². The van der Waals surface area contributed by atoms with Crippen LogP contribution < -0.4 is 14.2 Å². The van der Waals surface area contributed by atoms with E-state index in [-0.39, 0.29) is 29.4 Å². The number of hydrogen-bond acceptors (Lipinski definition) is 6. The highest BCUT2D eigenvalue weighted by molar-refractivity contribution is 5.91. The second-order valence-corrected chi connectivity index (χ2v) is 3.52. The molecule has 0 saturated heterocycles. The molecule has 0 amide bonds. The molecule has 0 atom stereocenters. The van der Waals surface area contributed by atoms with Crippen LogP contribution in [0, 0.1) is 0 Å². The Kier molecular flexibility index (Phi) is 5.17. The predicted molar refractivity (Wildman–Crippen MR) is 66.8 cm³/mol. The highest BCUT2D eigenvalue weighted by Crippen LogP contribution is 2.38. The Bertz CT molecular complexity index is 455. The van der Waals surface area contributed by atoms with Crippen LogP contribution in [0.15, 0.2) is 12.1 Å². The zero-order valence-corrected chi connectivity index (χ0v) is 11.3. The highest BCUT2D eigenvalue weighted by Gasteiger charge is 2.19. The molecule has 1 rings (SSSR count). The maximum atomic E-state index is 11.7. The molecule has 1 aromatic rings. The maximum Gasteiger partial charge on any atom is 0.338 e. The lowest BCUT2D eigenvalue weighted by Crippen LogP contribution is -2.08. The summed E-state index contributed by atoms with van der Waals surface area (Å²) in [6.45, 7) is 3.23. The summed E-state index contributed by atoms with van der Waals surface area (Å²) in [7, 11) is 2.80. The van der Waals surface area contributed by atoms with Crippen LogP contribution in [0.25, 0.3) is 0 Å². The van der Waals surface area contributed by atoms with E-state index in [1.165, 1.54) is 33.3 Å². The molecule has 0 aliphatic rings. The van der Waals surface area contributed by atoms with Gasteiger partial charge in [0.15, 0.2) is 11.5 Å². The largest absolute Gasteiger partial charge is 0.493 e. The third-order valence-electron chi connectivity index (χ3n) is 2.22. The van der Waals surface area contributed by atoms with Gasteiger partial charge >= 0.3 is 11.9 Å². The predicted octanol–water partition coefficient (Wildman–Crippen LogP) is 1.81. The molecule has 1 aromatic carbocycles. The van der Waals surface area contributed by atoms with E-state index in [4.69, 9.17) is 18.9 Å². The van der Waals surface area contributed by atoms with Crippen molar-refractivity contribution in [2.45, 2.75) is 13.8 Å². The number of benzene rings is 1. The summed E-state index contributed by atoms with van der Waals surface area (Å²) in [4.78, 5) is 22.7. The lowest BCUT2D eigenvalue weighted by molar-refractivity contribution is -0.132. The number of hydrogen-bond donors (Lipinski definition) is 0. The fourth-order valence-corrected chi connectivity index (χ4v) is 1.46. The van der Waals surface area contributed by atoms with Crippen molar-refractivity contribution >= 4 is 11.9 Å². The van der Waals surface area contributed by atoms with Crippen molar-refractivity contribution in [3.63, 3.8) is 0 Å². The molecule has 0 fully saturated rings. The Morgan fingerprint density at radius 2 is 1.63 bits per heavy atom. The first kappa shape index (κ1) is 14.8. The molecule has 0 N–H and O–H groups in total. The van der Waals surface area contributed by atoms with Crippen LogP contribution in [0.3, 0.4) is 0 Å². The van der Waals surface area contributed by atoms with Crippen LogP contribution in [0.2, 0.25) is 0 Å². The van der Waals surface area contributed by atoms with Crippen LogP contribution >= 0.6 is 0 Å². The average molecular weight is 268 g/mol. The summed E-state index contributed by atoms with van der Waals surface area (Å²) >= 11 is 0. The van der Waals surface area contributed by atoms with Gasteiger partial charge in [0.05, 0.1) is 26.4 Å². The third kappa shape index (κ3) is 3.61. The van der Waals surface area contributed by atoms with Crippen molar-refractivity contribution in [2.24, 2.45) is 0 Å². The monoisotopic (exact) mass is 268 g/mol. The third-order valence-corrected chi connectivity index (χ3v) is 2.22. The normalized spacial score (nSPS) is 9.68. The van der Waals surface area contributed by atoms with E-state index in [9.17, 15) is 9.59 Å². The summed E-state index contributed by atoms with van der Waals surface area (Å²) in [5, 5.41) is 0. The van der Waals surface area contributed by atoms with Gasteiger partial charge < -0.3 is 18.9 Å². The van der Waals surface area contributed by atoms with E-state index in [1.807, 2.05) is 0 Å². The van der Waals surface area contributed by atoms with Gasteiger partial charge in [-0.2, -0.15) is 0 Å². The minimum atomic E-state index is -0.513. The van der Waals surface area contributed by atoms with Crippen molar-refractivity contribution in [1.82, 2.24) is 0 Å². The van der Waals surface area contributed by atoms with Gasteiger partial charge in [0.2, 0.25) is 5.75 Å². The SMILES string of the molecule is CCOC(=O)c1cc(OC)c(OC(C)=O)c(OC)c1. The first-order valence-electron chi connectivity index (χ1n) is 5.65. The molecule has 6 heteroatoms. The molecular formula is C13H16O6. The van der Waals surface area contributed by atoms with Crippen molar-refractivity contribution in [1.29, 1.82) is 0 Å². The fourth-order valence-electron chi connectivity index (χ4n) is 1.46. The van der Waals surface area contributed by atoms with Crippen LogP contribution in [0.4, 0.5) is 0 Å². The van der Waals surface area contributed by atoms with Gasteiger partial charge in [-0.25, -0.2) is 4.79 Å². The number of esters is 2. The zero-order valence-electron chi connectivity index (χ0n) is 11.3. The second-order valence-electron chi connectivity index (χ2n) is 3.52. The van der Waals surface area contributed by atoms with Gasteiger partial charge in [0.25, 0.3) is 0 Å². The molecule has 0 spiro atoms. The number of methoxy groups -OCH3 is 2. The highest BCUT2D eigenvalue weighted by atomic mass is 16.6. The summed E-state index contributed by atoms with van der Waals surface area (Å²) < 4.78 is 20.1. The molecule has 19 heavy (non-hydrogen) atoms. The van der Waals surface area contributed by atoms with Crippen molar-refractivity contribution < 1.29 is 28.5 Å². The molecular weight excluding hydrogens is 252 g/mol. The summed E-state index contributed by atoms with van der Waals surface area (Å²) in [6.07, 6.45) is 0. The molecule has 104 valence electrons. The van der Waals surface area contributed by atoms with Crippen molar-refractivity contribution in [3.8, 4) is 17.2 Å². The lowest BCUT2D eigenvalue weighted by atomic mass is 10.2. The minimum Gasteiger partial charge on any atom is -0.493 e. The molecule has 6 nitrogen and oxygen atoms in total. The number of ether oxygens (including phenoxy) is 4. The van der Waals surface area contributed by atoms with Gasteiger partial charge in [-0.05, 0) is 19.1 Å².